The van der Waals surface area contributed by atoms with Gasteiger partial charge < -0.3 is 19.3 Å². The molecule has 0 aromatic rings. The number of carbonyl (C=O) groups is 2. The Morgan fingerprint density at radius 1 is 0.774 bits per heavy atom. The van der Waals surface area contributed by atoms with Gasteiger partial charge in [-0.1, -0.05) is 48.5 Å². The van der Waals surface area contributed by atoms with Crippen molar-refractivity contribution in [3.63, 3.8) is 0 Å². The van der Waals surface area contributed by atoms with Crippen LogP contribution in [0, 0.1) is 23.2 Å². The molecule has 0 spiro atoms. The Labute approximate surface area is 192 Å². The van der Waals surface area contributed by atoms with Crippen LogP contribution < -0.4 is 0 Å². The van der Waals surface area contributed by atoms with E-state index in [0.29, 0.717) is 57.0 Å². The predicted molar refractivity (Wildman–Crippen MR) is 128 cm³/mol. The predicted octanol–water partition coefficient (Wildman–Crippen LogP) is 4.47. The second-order valence-electron chi connectivity index (χ2n) is 10.8. The molecule has 2 amide bonds. The summed E-state index contributed by atoms with van der Waals surface area (Å²) in [7, 11) is 3.77. The lowest BCUT2D eigenvalue weighted by atomic mass is 9.89. The standard InChI is InChI=1S/C25H50N2O4/c1-20(2)16-23(28)26(8)18-22(5)10-12-30-14-15-31-13-11-25(6,7)19-27(9)24(29)17-21(3)4/h20-22H,10-19H2,1-9H3. The average Bonchev–Trinajstić information content (AvgIpc) is 2.62. The maximum absolute atomic E-state index is 12.1. The van der Waals surface area contributed by atoms with Crippen molar-refractivity contribution in [2.75, 3.05) is 53.6 Å². The summed E-state index contributed by atoms with van der Waals surface area (Å²) < 4.78 is 11.4. The van der Waals surface area contributed by atoms with Crippen molar-refractivity contribution >= 4 is 11.8 Å². The normalized spacial score (nSPS) is 13.0. The topological polar surface area (TPSA) is 59.1 Å². The maximum Gasteiger partial charge on any atom is 0.222 e. The van der Waals surface area contributed by atoms with E-state index in [-0.39, 0.29) is 17.2 Å². The molecule has 0 saturated heterocycles. The second kappa shape index (κ2) is 15.6. The van der Waals surface area contributed by atoms with Crippen LogP contribution in [-0.2, 0) is 19.1 Å². The molecule has 1 atom stereocenters. The van der Waals surface area contributed by atoms with Gasteiger partial charge in [0.25, 0.3) is 0 Å². The molecule has 184 valence electrons. The first-order chi connectivity index (χ1) is 14.3. The molecule has 0 aromatic carbocycles. The largest absolute Gasteiger partial charge is 0.379 e. The molecule has 0 aliphatic rings. The Morgan fingerprint density at radius 3 is 1.77 bits per heavy atom. The lowest BCUT2D eigenvalue weighted by Gasteiger charge is -2.30. The van der Waals surface area contributed by atoms with Gasteiger partial charge in [0.1, 0.15) is 0 Å². The summed E-state index contributed by atoms with van der Waals surface area (Å²) in [4.78, 5) is 27.9. The molecule has 6 heteroatoms. The van der Waals surface area contributed by atoms with Gasteiger partial charge in [0.2, 0.25) is 11.8 Å². The molecule has 0 rings (SSSR count). The van der Waals surface area contributed by atoms with Crippen molar-refractivity contribution in [1.29, 1.82) is 0 Å². The van der Waals surface area contributed by atoms with Gasteiger partial charge >= 0.3 is 0 Å². The van der Waals surface area contributed by atoms with Crippen LogP contribution in [0.3, 0.4) is 0 Å². The van der Waals surface area contributed by atoms with E-state index in [9.17, 15) is 9.59 Å². The first-order valence-electron chi connectivity index (χ1n) is 12.0. The van der Waals surface area contributed by atoms with Gasteiger partial charge in [-0.2, -0.15) is 0 Å². The molecule has 0 bridgehead atoms. The summed E-state index contributed by atoms with van der Waals surface area (Å²) in [5, 5.41) is 0. The molecule has 0 aliphatic heterocycles. The Bertz CT molecular complexity index is 506. The summed E-state index contributed by atoms with van der Waals surface area (Å²) in [6, 6.07) is 0. The average molecular weight is 443 g/mol. The van der Waals surface area contributed by atoms with E-state index in [1.165, 1.54) is 0 Å². The lowest BCUT2D eigenvalue weighted by Crippen LogP contribution is -2.37. The molecule has 31 heavy (non-hydrogen) atoms. The van der Waals surface area contributed by atoms with Crippen molar-refractivity contribution in [1.82, 2.24) is 9.80 Å². The van der Waals surface area contributed by atoms with Crippen LogP contribution in [0.1, 0.15) is 74.1 Å². The van der Waals surface area contributed by atoms with Gasteiger partial charge in [-0.25, -0.2) is 0 Å². The Kier molecular flexibility index (Phi) is 15.1. The Morgan fingerprint density at radius 2 is 1.26 bits per heavy atom. The number of rotatable bonds is 17. The summed E-state index contributed by atoms with van der Waals surface area (Å²) in [5.74, 6) is 1.63. The number of hydrogen-bond donors (Lipinski definition) is 0. The van der Waals surface area contributed by atoms with Crippen LogP contribution in [0.4, 0.5) is 0 Å². The number of hydrogen-bond acceptors (Lipinski definition) is 4. The van der Waals surface area contributed by atoms with Crippen molar-refractivity contribution in [2.45, 2.75) is 74.1 Å². The molecule has 0 heterocycles. The van der Waals surface area contributed by atoms with E-state index in [0.717, 1.165) is 25.9 Å². The fourth-order valence-electron chi connectivity index (χ4n) is 3.44. The van der Waals surface area contributed by atoms with Gasteiger partial charge in [0, 0.05) is 53.2 Å². The van der Waals surface area contributed by atoms with Gasteiger partial charge in [-0.3, -0.25) is 9.59 Å². The highest BCUT2D eigenvalue weighted by Gasteiger charge is 2.23. The minimum Gasteiger partial charge on any atom is -0.379 e. The van der Waals surface area contributed by atoms with E-state index >= 15 is 0 Å². The summed E-state index contributed by atoms with van der Waals surface area (Å²) in [6.45, 7) is 18.8. The minimum absolute atomic E-state index is 0.0245. The molecule has 0 radical (unpaired) electrons. The molecule has 0 saturated carbocycles. The van der Waals surface area contributed by atoms with E-state index in [1.54, 1.807) is 0 Å². The highest BCUT2D eigenvalue weighted by Crippen LogP contribution is 2.22. The van der Waals surface area contributed by atoms with Gasteiger partial charge in [0.15, 0.2) is 0 Å². The molecule has 1 unspecified atom stereocenters. The third-order valence-corrected chi connectivity index (χ3v) is 5.32. The third-order valence-electron chi connectivity index (χ3n) is 5.32. The van der Waals surface area contributed by atoms with Crippen LogP contribution in [-0.4, -0.2) is 75.2 Å². The molecular formula is C25H50N2O4. The smallest absolute Gasteiger partial charge is 0.222 e. The second-order valence-corrected chi connectivity index (χ2v) is 10.8. The van der Waals surface area contributed by atoms with Crippen molar-refractivity contribution in [3.05, 3.63) is 0 Å². The quantitative estimate of drug-likeness (QED) is 0.312. The van der Waals surface area contributed by atoms with Crippen molar-refractivity contribution < 1.29 is 19.1 Å². The Balaban J connectivity index is 3.84. The van der Waals surface area contributed by atoms with Gasteiger partial charge in [0.05, 0.1) is 13.2 Å². The van der Waals surface area contributed by atoms with E-state index in [4.69, 9.17) is 9.47 Å². The number of ether oxygens (including phenoxy) is 2. The van der Waals surface area contributed by atoms with Gasteiger partial charge in [-0.05, 0) is 36.0 Å². The lowest BCUT2D eigenvalue weighted by molar-refractivity contribution is -0.132. The molecule has 0 aliphatic carbocycles. The summed E-state index contributed by atoms with van der Waals surface area (Å²) in [5.41, 5.74) is 0.0245. The maximum atomic E-state index is 12.1. The van der Waals surface area contributed by atoms with E-state index < -0.39 is 0 Å². The van der Waals surface area contributed by atoms with Crippen LogP contribution in [0.25, 0.3) is 0 Å². The molecule has 0 fully saturated rings. The fraction of sp³-hybridized carbons (Fsp3) is 0.920. The zero-order valence-corrected chi connectivity index (χ0v) is 21.8. The van der Waals surface area contributed by atoms with Crippen LogP contribution in [0.5, 0.6) is 0 Å². The van der Waals surface area contributed by atoms with E-state index in [1.807, 2.05) is 23.9 Å². The molecule has 0 aromatic heterocycles. The van der Waals surface area contributed by atoms with Crippen molar-refractivity contribution in [2.24, 2.45) is 23.2 Å². The summed E-state index contributed by atoms with van der Waals surface area (Å²) >= 11 is 0. The van der Waals surface area contributed by atoms with Crippen LogP contribution >= 0.6 is 0 Å². The number of carbonyl (C=O) groups excluding carboxylic acids is 2. The summed E-state index contributed by atoms with van der Waals surface area (Å²) in [6.07, 6.45) is 3.05. The molecular weight excluding hydrogens is 392 g/mol. The molecule has 0 N–H and O–H groups in total. The van der Waals surface area contributed by atoms with Crippen LogP contribution in [0.2, 0.25) is 0 Å². The monoisotopic (exact) mass is 442 g/mol. The zero-order chi connectivity index (χ0) is 24.0. The zero-order valence-electron chi connectivity index (χ0n) is 21.8. The molecule has 6 nitrogen and oxygen atoms in total. The minimum atomic E-state index is 0.0245. The van der Waals surface area contributed by atoms with Crippen LogP contribution in [0.15, 0.2) is 0 Å². The first-order valence-corrected chi connectivity index (χ1v) is 12.0. The fourth-order valence-corrected chi connectivity index (χ4v) is 3.44. The van der Waals surface area contributed by atoms with Crippen molar-refractivity contribution in [3.8, 4) is 0 Å². The SMILES string of the molecule is CC(C)CC(=O)N(C)CC(C)CCOCCOCCC(C)(C)CN(C)C(=O)CC(C)C. The van der Waals surface area contributed by atoms with Gasteiger partial charge in [-0.15, -0.1) is 0 Å². The third kappa shape index (κ3) is 16.2. The highest BCUT2D eigenvalue weighted by atomic mass is 16.5. The number of nitrogens with zero attached hydrogens (tertiary/aromatic N) is 2. The Hall–Kier alpha value is -1.14. The van der Waals surface area contributed by atoms with E-state index in [2.05, 4.69) is 48.5 Å². The number of amides is 2. The highest BCUT2D eigenvalue weighted by molar-refractivity contribution is 5.76. The first kappa shape index (κ1) is 29.9.